The highest BCUT2D eigenvalue weighted by atomic mass is 35.5. The zero-order valence-corrected chi connectivity index (χ0v) is 10.5. The molecule has 0 saturated carbocycles. The van der Waals surface area contributed by atoms with Crippen LogP contribution >= 0.6 is 11.6 Å². The zero-order chi connectivity index (χ0) is 12.3. The third-order valence-electron chi connectivity index (χ3n) is 2.97. The van der Waals surface area contributed by atoms with Gasteiger partial charge in [0.15, 0.2) is 0 Å². The molecule has 0 spiro atoms. The van der Waals surface area contributed by atoms with Crippen molar-refractivity contribution in [3.63, 3.8) is 0 Å². The molecule has 0 radical (unpaired) electrons. The number of hydrogen-bond acceptors (Lipinski definition) is 5. The summed E-state index contributed by atoms with van der Waals surface area (Å²) >= 11 is 5.81. The molecule has 0 aromatic carbocycles. The van der Waals surface area contributed by atoms with E-state index in [0.29, 0.717) is 43.6 Å². The molecule has 1 aromatic rings. The van der Waals surface area contributed by atoms with Gasteiger partial charge in [0.25, 0.3) is 0 Å². The normalized spacial score (nSPS) is 19.0. The minimum absolute atomic E-state index is 0.404. The summed E-state index contributed by atoms with van der Waals surface area (Å²) in [6.07, 6.45) is 2.72. The number of likely N-dealkylation sites (N-methyl/N-ethyl adjacent to an activating group) is 1. The topological polar surface area (TPSA) is 58.5 Å². The summed E-state index contributed by atoms with van der Waals surface area (Å²) in [4.78, 5) is 9.84. The van der Waals surface area contributed by atoms with Crippen molar-refractivity contribution in [1.29, 1.82) is 0 Å². The Hall–Kier alpha value is -0.910. The first-order valence-electron chi connectivity index (χ1n) is 5.58. The lowest BCUT2D eigenvalue weighted by Gasteiger charge is -2.35. The summed E-state index contributed by atoms with van der Waals surface area (Å²) in [7, 11) is 1.88. The molecule has 1 fully saturated rings. The SMILES string of the molecule is CN(CC1(O)CCOCC1)c1cc(Cl)ncn1. The van der Waals surface area contributed by atoms with Crippen molar-refractivity contribution in [2.45, 2.75) is 18.4 Å². The fraction of sp³-hybridized carbons (Fsp3) is 0.636. The van der Waals surface area contributed by atoms with E-state index in [1.165, 1.54) is 6.33 Å². The number of ether oxygens (including phenoxy) is 1. The first-order valence-corrected chi connectivity index (χ1v) is 5.96. The lowest BCUT2D eigenvalue weighted by molar-refractivity contribution is -0.0573. The lowest BCUT2D eigenvalue weighted by atomic mass is 9.94. The third kappa shape index (κ3) is 3.28. The molecule has 94 valence electrons. The van der Waals surface area contributed by atoms with Crippen molar-refractivity contribution in [3.05, 3.63) is 17.5 Å². The van der Waals surface area contributed by atoms with Crippen LogP contribution in [0.2, 0.25) is 5.15 Å². The number of nitrogens with zero attached hydrogens (tertiary/aromatic N) is 3. The van der Waals surface area contributed by atoms with Gasteiger partial charge < -0.3 is 14.7 Å². The Balaban J connectivity index is 2.03. The van der Waals surface area contributed by atoms with E-state index >= 15 is 0 Å². The van der Waals surface area contributed by atoms with Gasteiger partial charge in [0.05, 0.1) is 5.60 Å². The molecule has 1 saturated heterocycles. The molecule has 1 N–H and O–H groups in total. The van der Waals surface area contributed by atoms with E-state index < -0.39 is 5.60 Å². The van der Waals surface area contributed by atoms with Gasteiger partial charge in [0.2, 0.25) is 0 Å². The van der Waals surface area contributed by atoms with Crippen LogP contribution in [0.3, 0.4) is 0 Å². The van der Waals surface area contributed by atoms with E-state index in [1.807, 2.05) is 11.9 Å². The van der Waals surface area contributed by atoms with Crippen LogP contribution < -0.4 is 4.90 Å². The Kier molecular flexibility index (Phi) is 3.81. The third-order valence-corrected chi connectivity index (χ3v) is 3.17. The molecule has 2 rings (SSSR count). The second-order valence-electron chi connectivity index (χ2n) is 4.39. The summed E-state index contributed by atoms with van der Waals surface area (Å²) in [5.74, 6) is 0.713. The zero-order valence-electron chi connectivity index (χ0n) is 9.77. The maximum absolute atomic E-state index is 10.4. The van der Waals surface area contributed by atoms with E-state index in [0.717, 1.165) is 0 Å². The molecule has 0 unspecified atom stereocenters. The maximum atomic E-state index is 10.4. The Labute approximate surface area is 105 Å². The smallest absolute Gasteiger partial charge is 0.134 e. The van der Waals surface area contributed by atoms with Crippen LogP contribution in [0.4, 0.5) is 5.82 Å². The number of hydrogen-bond donors (Lipinski definition) is 1. The molecule has 1 aliphatic rings. The van der Waals surface area contributed by atoms with Gasteiger partial charge >= 0.3 is 0 Å². The Morgan fingerprint density at radius 3 is 2.82 bits per heavy atom. The van der Waals surface area contributed by atoms with E-state index in [-0.39, 0.29) is 0 Å². The number of halogens is 1. The Morgan fingerprint density at radius 2 is 2.18 bits per heavy atom. The summed E-state index contributed by atoms with van der Waals surface area (Å²) < 4.78 is 5.25. The maximum Gasteiger partial charge on any atom is 0.134 e. The van der Waals surface area contributed by atoms with Crippen molar-refractivity contribution >= 4 is 17.4 Å². The van der Waals surface area contributed by atoms with E-state index in [4.69, 9.17) is 16.3 Å². The molecule has 6 heteroatoms. The van der Waals surface area contributed by atoms with E-state index in [9.17, 15) is 5.11 Å². The monoisotopic (exact) mass is 257 g/mol. The molecule has 17 heavy (non-hydrogen) atoms. The van der Waals surface area contributed by atoms with Crippen LogP contribution in [0.1, 0.15) is 12.8 Å². The number of anilines is 1. The van der Waals surface area contributed by atoms with Crippen LogP contribution in [0.15, 0.2) is 12.4 Å². The fourth-order valence-corrected chi connectivity index (χ4v) is 2.11. The highest BCUT2D eigenvalue weighted by Gasteiger charge is 2.31. The summed E-state index contributed by atoms with van der Waals surface area (Å²) in [5, 5.41) is 10.8. The average molecular weight is 258 g/mol. The molecule has 0 aliphatic carbocycles. The molecular weight excluding hydrogens is 242 g/mol. The van der Waals surface area contributed by atoms with Crippen LogP contribution in [-0.4, -0.2) is 47.5 Å². The summed E-state index contributed by atoms with van der Waals surface area (Å²) in [5.41, 5.74) is -0.704. The van der Waals surface area contributed by atoms with Crippen molar-refractivity contribution in [2.75, 3.05) is 31.7 Å². The van der Waals surface area contributed by atoms with Crippen molar-refractivity contribution < 1.29 is 9.84 Å². The predicted molar refractivity (Wildman–Crippen MR) is 65.3 cm³/mol. The molecule has 0 atom stereocenters. The second kappa shape index (κ2) is 5.16. The highest BCUT2D eigenvalue weighted by molar-refractivity contribution is 6.29. The summed E-state index contributed by atoms with van der Waals surface area (Å²) in [6.45, 7) is 1.73. The van der Waals surface area contributed by atoms with Gasteiger partial charge in [-0.2, -0.15) is 0 Å². The molecule has 0 bridgehead atoms. The first kappa shape index (κ1) is 12.5. The van der Waals surface area contributed by atoms with Gasteiger partial charge in [0, 0.05) is 45.7 Å². The average Bonchev–Trinajstić information content (AvgIpc) is 2.29. The minimum Gasteiger partial charge on any atom is -0.388 e. The van der Waals surface area contributed by atoms with Crippen molar-refractivity contribution in [2.24, 2.45) is 0 Å². The van der Waals surface area contributed by atoms with Gasteiger partial charge in [-0.25, -0.2) is 9.97 Å². The van der Waals surface area contributed by atoms with Gasteiger partial charge in [-0.15, -0.1) is 0 Å². The number of aliphatic hydroxyl groups is 1. The van der Waals surface area contributed by atoms with E-state index in [1.54, 1.807) is 6.07 Å². The van der Waals surface area contributed by atoms with Gasteiger partial charge in [-0.05, 0) is 0 Å². The van der Waals surface area contributed by atoms with Crippen molar-refractivity contribution in [3.8, 4) is 0 Å². The number of aromatic nitrogens is 2. The molecule has 5 nitrogen and oxygen atoms in total. The van der Waals surface area contributed by atoms with Crippen LogP contribution in [0.25, 0.3) is 0 Å². The molecule has 1 aliphatic heterocycles. The molecular formula is C11H16ClN3O2. The Bertz CT molecular complexity index is 383. The van der Waals surface area contributed by atoms with Gasteiger partial charge in [-0.1, -0.05) is 11.6 Å². The van der Waals surface area contributed by atoms with Crippen LogP contribution in [0.5, 0.6) is 0 Å². The Morgan fingerprint density at radius 1 is 1.47 bits per heavy atom. The van der Waals surface area contributed by atoms with Gasteiger partial charge in [0.1, 0.15) is 17.3 Å². The fourth-order valence-electron chi connectivity index (χ4n) is 1.96. The number of rotatable bonds is 3. The highest BCUT2D eigenvalue weighted by Crippen LogP contribution is 2.23. The largest absolute Gasteiger partial charge is 0.388 e. The minimum atomic E-state index is -0.704. The molecule has 0 amide bonds. The van der Waals surface area contributed by atoms with Crippen LogP contribution in [-0.2, 0) is 4.74 Å². The van der Waals surface area contributed by atoms with E-state index in [2.05, 4.69) is 9.97 Å². The quantitative estimate of drug-likeness (QED) is 0.822. The summed E-state index contributed by atoms with van der Waals surface area (Å²) in [6, 6.07) is 1.68. The molecule has 1 aromatic heterocycles. The predicted octanol–water partition coefficient (Wildman–Crippen LogP) is 1.11. The van der Waals surface area contributed by atoms with Crippen LogP contribution in [0, 0.1) is 0 Å². The first-order chi connectivity index (χ1) is 8.09. The lowest BCUT2D eigenvalue weighted by Crippen LogP contribution is -2.46. The standard InChI is InChI=1S/C11H16ClN3O2/c1-15(10-6-9(12)13-8-14-10)7-11(16)2-4-17-5-3-11/h6,8,16H,2-5,7H2,1H3. The second-order valence-corrected chi connectivity index (χ2v) is 4.78. The molecule has 2 heterocycles. The van der Waals surface area contributed by atoms with Gasteiger partial charge in [-0.3, -0.25) is 0 Å². The van der Waals surface area contributed by atoms with Crippen molar-refractivity contribution in [1.82, 2.24) is 9.97 Å².